The molecule has 12 nitrogen and oxygen atoms in total. The largest absolute Gasteiger partial charge is 0.492 e. The second kappa shape index (κ2) is 9.73. The molecule has 4 atom stereocenters. The number of methoxy groups -OCH3 is 1. The molecule has 0 radical (unpaired) electrons. The van der Waals surface area contributed by atoms with Gasteiger partial charge in [0.05, 0.1) is 25.3 Å². The van der Waals surface area contributed by atoms with E-state index in [0.29, 0.717) is 39.5 Å². The van der Waals surface area contributed by atoms with Crippen molar-refractivity contribution in [2.75, 3.05) is 27.6 Å². The number of benzene rings is 1. The summed E-state index contributed by atoms with van der Waals surface area (Å²) >= 11 is 0. The van der Waals surface area contributed by atoms with E-state index in [-0.39, 0.29) is 48.3 Å². The van der Waals surface area contributed by atoms with E-state index < -0.39 is 41.9 Å². The number of nitriles is 1. The molecule has 0 saturated carbocycles. The van der Waals surface area contributed by atoms with Gasteiger partial charge in [-0.25, -0.2) is 0 Å². The van der Waals surface area contributed by atoms with Crippen LogP contribution in [-0.4, -0.2) is 79.0 Å². The van der Waals surface area contributed by atoms with Crippen molar-refractivity contribution in [2.24, 2.45) is 0 Å². The Balaban J connectivity index is 1.66. The maximum atomic E-state index is 13.9. The maximum Gasteiger partial charge on any atom is 0.308 e. The predicted octanol–water partition coefficient (Wildman–Crippen LogP) is 2.26. The van der Waals surface area contributed by atoms with E-state index in [1.165, 1.54) is 21.0 Å². The molecule has 1 fully saturated rings. The molecule has 0 unspecified atom stereocenters. The summed E-state index contributed by atoms with van der Waals surface area (Å²) in [5, 5.41) is 10.6. The Bertz CT molecular complexity index is 1630. The highest BCUT2D eigenvalue weighted by molar-refractivity contribution is 6.25. The SMILES string of the molecule is COC1=C(C)C(=O)C2=C(C1=O)[C@@H]1C3=Cc4c(OC(C)=O)c(C)c5c(c4[C@H](COC(C)=O)N3[C@@H](C#N)[C@@H](C2)N1C)OCO5. The van der Waals surface area contributed by atoms with Crippen LogP contribution >= 0.6 is 0 Å². The van der Waals surface area contributed by atoms with E-state index in [1.807, 2.05) is 16.8 Å². The number of esters is 2. The molecule has 218 valence electrons. The minimum absolute atomic E-state index is 0.0207. The highest BCUT2D eigenvalue weighted by Crippen LogP contribution is 2.56. The number of likely N-dealkylation sites (N-methyl/N-ethyl adjacent to an activating group) is 1. The number of carbonyl (C=O) groups excluding carboxylic acids is 4. The van der Waals surface area contributed by atoms with Crippen LogP contribution in [0.15, 0.2) is 28.2 Å². The Morgan fingerprint density at radius 1 is 1.12 bits per heavy atom. The number of fused-ring (bicyclic) bond motifs is 8. The molecule has 0 amide bonds. The average Bonchev–Trinajstić information content (AvgIpc) is 3.43. The fourth-order valence-corrected chi connectivity index (χ4v) is 6.92. The Morgan fingerprint density at radius 3 is 2.48 bits per heavy atom. The lowest BCUT2D eigenvalue weighted by Gasteiger charge is -2.57. The second-order valence-corrected chi connectivity index (χ2v) is 10.9. The van der Waals surface area contributed by atoms with E-state index in [1.54, 1.807) is 19.9 Å². The summed E-state index contributed by atoms with van der Waals surface area (Å²) in [6.07, 6.45) is 1.93. The molecule has 42 heavy (non-hydrogen) atoms. The fraction of sp³-hybridized carbons (Fsp3) is 0.433. The standard InChI is InChI=1S/C30H29N3O9/c1-12-25(36)16-7-18-20(9-31)33-19(24(32(18)5)23(16)26(37)28(12)38-6)8-17-22(21(33)10-39-14(3)34)30-29(40-11-41-30)13(2)27(17)42-15(4)35/h8,18,20-21,24H,7,10-11H2,1-6H3/t18-,20+,21+,24+/m1/s1. The van der Waals surface area contributed by atoms with Gasteiger partial charge in [-0.1, -0.05) is 0 Å². The first-order valence-electron chi connectivity index (χ1n) is 13.5. The quantitative estimate of drug-likeness (QED) is 0.295. The van der Waals surface area contributed by atoms with Gasteiger partial charge in [0.2, 0.25) is 12.6 Å². The van der Waals surface area contributed by atoms with E-state index in [0.717, 1.165) is 0 Å². The molecular formula is C30H29N3O9. The number of allylic oxidation sites excluding steroid dienone is 2. The van der Waals surface area contributed by atoms with Crippen molar-refractivity contribution < 1.29 is 42.9 Å². The number of carbonyl (C=O) groups is 4. The molecule has 4 aliphatic heterocycles. The predicted molar refractivity (Wildman–Crippen MR) is 144 cm³/mol. The third-order valence-electron chi connectivity index (χ3n) is 8.65. The third kappa shape index (κ3) is 3.69. The Labute approximate surface area is 241 Å². The van der Waals surface area contributed by atoms with Crippen molar-refractivity contribution in [1.29, 1.82) is 5.26 Å². The Kier molecular flexibility index (Phi) is 6.38. The van der Waals surface area contributed by atoms with Crippen LogP contribution in [0.1, 0.15) is 49.9 Å². The lowest BCUT2D eigenvalue weighted by atomic mass is 9.71. The highest BCUT2D eigenvalue weighted by Gasteiger charge is 2.56. The molecule has 6 rings (SSSR count). The number of hydrogen-bond acceptors (Lipinski definition) is 12. The molecule has 0 aromatic heterocycles. The van der Waals surface area contributed by atoms with Crippen LogP contribution in [-0.2, 0) is 28.7 Å². The summed E-state index contributed by atoms with van der Waals surface area (Å²) in [7, 11) is 3.16. The fourth-order valence-electron chi connectivity index (χ4n) is 6.92. The van der Waals surface area contributed by atoms with Gasteiger partial charge in [0.25, 0.3) is 0 Å². The molecule has 12 heteroatoms. The van der Waals surface area contributed by atoms with Gasteiger partial charge >= 0.3 is 11.9 Å². The lowest BCUT2D eigenvalue weighted by Crippen LogP contribution is -2.66. The van der Waals surface area contributed by atoms with Crippen LogP contribution in [0.25, 0.3) is 6.08 Å². The van der Waals surface area contributed by atoms with Crippen LogP contribution < -0.4 is 14.2 Å². The van der Waals surface area contributed by atoms with Gasteiger partial charge in [-0.05, 0) is 33.4 Å². The topological polar surface area (TPSA) is 145 Å². The number of hydrogen-bond donors (Lipinski definition) is 0. The first kappa shape index (κ1) is 27.5. The van der Waals surface area contributed by atoms with Crippen LogP contribution in [0.2, 0.25) is 0 Å². The van der Waals surface area contributed by atoms with Gasteiger partial charge in [-0.15, -0.1) is 0 Å². The zero-order chi connectivity index (χ0) is 30.2. The van der Waals surface area contributed by atoms with E-state index >= 15 is 0 Å². The Morgan fingerprint density at radius 2 is 1.83 bits per heavy atom. The van der Waals surface area contributed by atoms with Gasteiger partial charge in [0.1, 0.15) is 18.4 Å². The smallest absolute Gasteiger partial charge is 0.308 e. The van der Waals surface area contributed by atoms with Gasteiger partial charge < -0.3 is 28.6 Å². The van der Waals surface area contributed by atoms with Gasteiger partial charge in [-0.3, -0.25) is 24.1 Å². The minimum Gasteiger partial charge on any atom is -0.492 e. The van der Waals surface area contributed by atoms with Crippen LogP contribution in [0.4, 0.5) is 0 Å². The summed E-state index contributed by atoms with van der Waals surface area (Å²) in [6.45, 7) is 5.63. The molecule has 0 N–H and O–H groups in total. The molecule has 5 aliphatic rings. The zero-order valence-corrected chi connectivity index (χ0v) is 24.0. The normalized spacial score (nSPS) is 25.7. The molecule has 2 bridgehead atoms. The van der Waals surface area contributed by atoms with Gasteiger partial charge in [0.15, 0.2) is 23.0 Å². The number of nitrogens with zero attached hydrogens (tertiary/aromatic N) is 3. The number of Topliss-reactive ketones (excluding diaryl/α,β-unsaturated/α-hetero) is 2. The summed E-state index contributed by atoms with van der Waals surface area (Å²) in [6, 6.07) is -0.402. The first-order valence-corrected chi connectivity index (χ1v) is 13.5. The summed E-state index contributed by atoms with van der Waals surface area (Å²) < 4.78 is 28.3. The van der Waals surface area contributed by atoms with Crippen molar-refractivity contribution in [3.8, 4) is 23.3 Å². The van der Waals surface area contributed by atoms with Crippen molar-refractivity contribution in [3.63, 3.8) is 0 Å². The van der Waals surface area contributed by atoms with E-state index in [4.69, 9.17) is 23.7 Å². The summed E-state index contributed by atoms with van der Waals surface area (Å²) in [5.41, 5.74) is 2.90. The third-order valence-corrected chi connectivity index (χ3v) is 8.65. The Hall–Kier alpha value is -4.63. The van der Waals surface area contributed by atoms with E-state index in [9.17, 15) is 24.4 Å². The summed E-state index contributed by atoms with van der Waals surface area (Å²) in [5.74, 6) is -0.787. The minimum atomic E-state index is -0.812. The number of ketones is 2. The van der Waals surface area contributed by atoms with Gasteiger partial charge in [0, 0.05) is 59.0 Å². The van der Waals surface area contributed by atoms with Crippen molar-refractivity contribution in [3.05, 3.63) is 44.9 Å². The van der Waals surface area contributed by atoms with Crippen LogP contribution in [0.3, 0.4) is 0 Å². The molecule has 1 aromatic carbocycles. The molecule has 1 aromatic rings. The molecule has 0 spiro atoms. The number of rotatable bonds is 4. The summed E-state index contributed by atoms with van der Waals surface area (Å²) in [4.78, 5) is 55.5. The van der Waals surface area contributed by atoms with E-state index in [2.05, 4.69) is 6.07 Å². The first-order chi connectivity index (χ1) is 20.0. The highest BCUT2D eigenvalue weighted by atomic mass is 16.7. The maximum absolute atomic E-state index is 13.9. The van der Waals surface area contributed by atoms with Crippen molar-refractivity contribution in [1.82, 2.24) is 9.80 Å². The van der Waals surface area contributed by atoms with Crippen molar-refractivity contribution in [2.45, 2.75) is 58.3 Å². The van der Waals surface area contributed by atoms with Gasteiger partial charge in [-0.2, -0.15) is 5.26 Å². The second-order valence-electron chi connectivity index (χ2n) is 10.9. The molecule has 4 heterocycles. The average molecular weight is 576 g/mol. The number of ether oxygens (including phenoxy) is 5. The van der Waals surface area contributed by atoms with Crippen LogP contribution in [0, 0.1) is 18.3 Å². The number of piperazine rings is 1. The van der Waals surface area contributed by atoms with Crippen LogP contribution in [0.5, 0.6) is 17.2 Å². The molecule has 1 saturated heterocycles. The monoisotopic (exact) mass is 575 g/mol. The lowest BCUT2D eigenvalue weighted by molar-refractivity contribution is -0.143. The zero-order valence-electron chi connectivity index (χ0n) is 24.0. The molecule has 1 aliphatic carbocycles. The van der Waals surface area contributed by atoms with Crippen molar-refractivity contribution >= 4 is 29.6 Å². The molecular weight excluding hydrogens is 546 g/mol.